The van der Waals surface area contributed by atoms with Crippen molar-refractivity contribution in [1.29, 1.82) is 0 Å². The van der Waals surface area contributed by atoms with E-state index in [-0.39, 0.29) is 11.7 Å². The smallest absolute Gasteiger partial charge is 0.326 e. The molecule has 0 bridgehead atoms. The Balaban J connectivity index is 1.33. The van der Waals surface area contributed by atoms with Gasteiger partial charge in [0, 0.05) is 38.9 Å². The summed E-state index contributed by atoms with van der Waals surface area (Å²) in [6.07, 6.45) is 7.12. The van der Waals surface area contributed by atoms with E-state index in [0.29, 0.717) is 0 Å². The summed E-state index contributed by atoms with van der Waals surface area (Å²) in [5, 5.41) is 4.30. The Kier molecular flexibility index (Phi) is 4.53. The summed E-state index contributed by atoms with van der Waals surface area (Å²) in [5.41, 5.74) is 4.41. The first-order valence-corrected chi connectivity index (χ1v) is 11.3. The Morgan fingerprint density at radius 2 is 1.97 bits per heavy atom. The lowest BCUT2D eigenvalue weighted by Crippen LogP contribution is -2.37. The molecule has 0 saturated carbocycles. The molecule has 0 unspecified atom stereocenters. The Bertz CT molecular complexity index is 1510. The SMILES string of the molecule is CCn1c(-c2cnn(C)c2)nc2c(N3CCC(n4c(=O)[nH]c5ccccc54)CC3)ncnc21. The number of aryl methyl sites for hydroxylation is 2. The molecule has 0 spiro atoms. The second-order valence-corrected chi connectivity index (χ2v) is 8.49. The first kappa shape index (κ1) is 19.7. The van der Waals surface area contributed by atoms with Gasteiger partial charge in [0.1, 0.15) is 12.2 Å². The van der Waals surface area contributed by atoms with E-state index >= 15 is 0 Å². The average molecular weight is 444 g/mol. The summed E-state index contributed by atoms with van der Waals surface area (Å²) in [5.74, 6) is 1.70. The molecule has 10 heteroatoms. The minimum atomic E-state index is -0.0399. The number of para-hydroxylation sites is 2. The Hall–Kier alpha value is -3.95. The number of rotatable bonds is 4. The number of imidazole rings is 2. The first-order chi connectivity index (χ1) is 16.1. The maximum atomic E-state index is 12.6. The van der Waals surface area contributed by atoms with Gasteiger partial charge < -0.3 is 14.5 Å². The molecule has 0 radical (unpaired) electrons. The number of nitrogens with one attached hydrogen (secondary N) is 1. The summed E-state index contributed by atoms with van der Waals surface area (Å²) < 4.78 is 5.79. The monoisotopic (exact) mass is 443 g/mol. The lowest BCUT2D eigenvalue weighted by Gasteiger charge is -2.33. The third kappa shape index (κ3) is 3.12. The van der Waals surface area contributed by atoms with Crippen LogP contribution in [0.25, 0.3) is 33.6 Å². The number of piperidine rings is 1. The lowest BCUT2D eigenvalue weighted by molar-refractivity contribution is 0.395. The van der Waals surface area contributed by atoms with E-state index in [2.05, 4.69) is 36.4 Å². The molecule has 33 heavy (non-hydrogen) atoms. The highest BCUT2D eigenvalue weighted by Crippen LogP contribution is 2.32. The van der Waals surface area contributed by atoms with Crippen LogP contribution < -0.4 is 10.6 Å². The summed E-state index contributed by atoms with van der Waals surface area (Å²) in [7, 11) is 1.90. The Morgan fingerprint density at radius 3 is 2.73 bits per heavy atom. The van der Waals surface area contributed by atoms with Gasteiger partial charge >= 0.3 is 5.69 Å². The third-order valence-electron chi connectivity index (χ3n) is 6.55. The van der Waals surface area contributed by atoms with Gasteiger partial charge in [0.2, 0.25) is 0 Å². The van der Waals surface area contributed by atoms with Gasteiger partial charge in [-0.05, 0) is 31.9 Å². The topological polar surface area (TPSA) is 102 Å². The van der Waals surface area contributed by atoms with E-state index in [1.165, 1.54) is 0 Å². The molecule has 1 saturated heterocycles. The maximum Gasteiger partial charge on any atom is 0.326 e. The molecule has 0 amide bonds. The van der Waals surface area contributed by atoms with E-state index in [4.69, 9.17) is 4.98 Å². The van der Waals surface area contributed by atoms with E-state index in [0.717, 1.165) is 71.9 Å². The highest BCUT2D eigenvalue weighted by molar-refractivity contribution is 5.87. The molecule has 1 aliphatic rings. The number of nitrogens with zero attached hydrogens (tertiary/aromatic N) is 8. The molecule has 168 valence electrons. The van der Waals surface area contributed by atoms with E-state index in [1.54, 1.807) is 11.0 Å². The van der Waals surface area contributed by atoms with Crippen LogP contribution in [0.4, 0.5) is 5.82 Å². The quantitative estimate of drug-likeness (QED) is 0.458. The van der Waals surface area contributed by atoms with Crippen molar-refractivity contribution in [2.45, 2.75) is 32.4 Å². The van der Waals surface area contributed by atoms with E-state index < -0.39 is 0 Å². The molecule has 1 fully saturated rings. The van der Waals surface area contributed by atoms with Crippen molar-refractivity contribution in [3.05, 3.63) is 53.5 Å². The highest BCUT2D eigenvalue weighted by atomic mass is 16.1. The van der Waals surface area contributed by atoms with Crippen molar-refractivity contribution in [3.8, 4) is 11.4 Å². The molecular weight excluding hydrogens is 418 g/mol. The molecule has 6 rings (SSSR count). The maximum absolute atomic E-state index is 12.6. The summed E-state index contributed by atoms with van der Waals surface area (Å²) in [6, 6.07) is 8.03. The number of aromatic nitrogens is 8. The van der Waals surface area contributed by atoms with Crippen LogP contribution in [0, 0.1) is 0 Å². The Labute approximate surface area is 189 Å². The van der Waals surface area contributed by atoms with Crippen molar-refractivity contribution in [2.24, 2.45) is 7.05 Å². The molecule has 5 heterocycles. The van der Waals surface area contributed by atoms with Crippen molar-refractivity contribution >= 4 is 28.0 Å². The van der Waals surface area contributed by atoms with Gasteiger partial charge in [-0.2, -0.15) is 5.10 Å². The number of anilines is 1. The number of benzene rings is 1. The first-order valence-electron chi connectivity index (χ1n) is 11.3. The normalized spacial score (nSPS) is 15.2. The van der Waals surface area contributed by atoms with Gasteiger partial charge in [-0.25, -0.2) is 19.7 Å². The second-order valence-electron chi connectivity index (χ2n) is 8.49. The molecule has 1 aliphatic heterocycles. The van der Waals surface area contributed by atoms with Gasteiger partial charge in [0.15, 0.2) is 17.0 Å². The zero-order valence-corrected chi connectivity index (χ0v) is 18.6. The van der Waals surface area contributed by atoms with Crippen molar-refractivity contribution < 1.29 is 0 Å². The van der Waals surface area contributed by atoms with Crippen LogP contribution in [-0.2, 0) is 13.6 Å². The van der Waals surface area contributed by atoms with Crippen LogP contribution in [0.5, 0.6) is 0 Å². The molecule has 5 aromatic rings. The zero-order chi connectivity index (χ0) is 22.5. The minimum Gasteiger partial charge on any atom is -0.355 e. The summed E-state index contributed by atoms with van der Waals surface area (Å²) >= 11 is 0. The molecular formula is C23H25N9O. The molecule has 10 nitrogen and oxygen atoms in total. The van der Waals surface area contributed by atoms with Gasteiger partial charge in [-0.1, -0.05) is 12.1 Å². The molecule has 4 aromatic heterocycles. The second kappa shape index (κ2) is 7.58. The van der Waals surface area contributed by atoms with Crippen molar-refractivity contribution in [1.82, 2.24) is 38.9 Å². The van der Waals surface area contributed by atoms with Crippen molar-refractivity contribution in [3.63, 3.8) is 0 Å². The molecule has 0 atom stereocenters. The highest BCUT2D eigenvalue weighted by Gasteiger charge is 2.27. The van der Waals surface area contributed by atoms with Crippen LogP contribution in [0.1, 0.15) is 25.8 Å². The molecule has 0 aliphatic carbocycles. The predicted molar refractivity (Wildman–Crippen MR) is 126 cm³/mol. The number of fused-ring (bicyclic) bond motifs is 2. The fourth-order valence-corrected chi connectivity index (χ4v) is 4.99. The van der Waals surface area contributed by atoms with Gasteiger partial charge in [-0.3, -0.25) is 9.25 Å². The average Bonchev–Trinajstić information content (AvgIpc) is 3.52. The number of hydrogen-bond acceptors (Lipinski definition) is 6. The molecule has 1 aromatic carbocycles. The van der Waals surface area contributed by atoms with Gasteiger partial charge in [0.05, 0.1) is 22.8 Å². The third-order valence-corrected chi connectivity index (χ3v) is 6.55. The molecule has 1 N–H and O–H groups in total. The number of H-pyrrole nitrogens is 1. The van der Waals surface area contributed by atoms with Crippen LogP contribution >= 0.6 is 0 Å². The standard InChI is InChI=1S/C23H25N9O/c1-3-31-20(15-12-26-29(2)13-15)28-19-21(24-14-25-22(19)31)30-10-8-16(9-11-30)32-18-7-5-4-6-17(18)27-23(32)33/h4-7,12-14,16H,3,8-11H2,1-2H3,(H,27,33). The largest absolute Gasteiger partial charge is 0.355 e. The van der Waals surface area contributed by atoms with Crippen LogP contribution in [-0.4, -0.2) is 51.9 Å². The summed E-state index contributed by atoms with van der Waals surface area (Å²) in [6.45, 7) is 4.43. The zero-order valence-electron chi connectivity index (χ0n) is 18.6. The summed E-state index contributed by atoms with van der Waals surface area (Å²) in [4.78, 5) is 32.0. The lowest BCUT2D eigenvalue weighted by atomic mass is 10.0. The fraction of sp³-hybridized carbons (Fsp3) is 0.348. The van der Waals surface area contributed by atoms with Crippen molar-refractivity contribution in [2.75, 3.05) is 18.0 Å². The van der Waals surface area contributed by atoms with E-state index in [9.17, 15) is 4.79 Å². The number of aromatic amines is 1. The predicted octanol–water partition coefficient (Wildman–Crippen LogP) is 2.73. The Morgan fingerprint density at radius 1 is 1.15 bits per heavy atom. The van der Waals surface area contributed by atoms with E-state index in [1.807, 2.05) is 48.3 Å². The number of hydrogen-bond donors (Lipinski definition) is 1. The van der Waals surface area contributed by atoms with Gasteiger partial charge in [0.25, 0.3) is 0 Å². The minimum absolute atomic E-state index is 0.0399. The van der Waals surface area contributed by atoms with Crippen LogP contribution in [0.3, 0.4) is 0 Å². The van der Waals surface area contributed by atoms with Crippen LogP contribution in [0.2, 0.25) is 0 Å². The van der Waals surface area contributed by atoms with Crippen LogP contribution in [0.15, 0.2) is 47.8 Å². The van der Waals surface area contributed by atoms with Gasteiger partial charge in [-0.15, -0.1) is 0 Å². The fourth-order valence-electron chi connectivity index (χ4n) is 4.99.